The lowest BCUT2D eigenvalue weighted by Crippen LogP contribution is -2.03. The van der Waals surface area contributed by atoms with Crippen molar-refractivity contribution in [3.05, 3.63) is 53.1 Å². The molecule has 82 valence electrons. The third-order valence-electron chi connectivity index (χ3n) is 2.31. The van der Waals surface area contributed by atoms with Crippen molar-refractivity contribution in [1.29, 1.82) is 0 Å². The third-order valence-corrected chi connectivity index (χ3v) is 2.53. The molecule has 1 N–H and O–H groups in total. The molecule has 0 amide bonds. The molecule has 2 aromatic heterocycles. The van der Waals surface area contributed by atoms with E-state index >= 15 is 0 Å². The smallest absolute Gasteiger partial charge is 0.129 e. The summed E-state index contributed by atoms with van der Waals surface area (Å²) in [6.45, 7) is 2.74. The van der Waals surface area contributed by atoms with Crippen LogP contribution in [-0.2, 0) is 6.54 Å². The highest BCUT2D eigenvalue weighted by atomic mass is 35.5. The van der Waals surface area contributed by atoms with Crippen LogP contribution < -0.4 is 5.32 Å². The molecule has 0 bridgehead atoms. The van der Waals surface area contributed by atoms with Crippen molar-refractivity contribution in [2.75, 3.05) is 5.32 Å². The number of rotatable bonds is 3. The Bertz CT molecular complexity index is 468. The van der Waals surface area contributed by atoms with Gasteiger partial charge in [0.15, 0.2) is 0 Å². The van der Waals surface area contributed by atoms with Gasteiger partial charge in [-0.3, -0.25) is 4.98 Å². The van der Waals surface area contributed by atoms with Gasteiger partial charge in [0, 0.05) is 6.20 Å². The van der Waals surface area contributed by atoms with Gasteiger partial charge in [0.25, 0.3) is 0 Å². The number of nitrogens with one attached hydrogen (secondary N) is 1. The number of hydrogen-bond donors (Lipinski definition) is 1. The summed E-state index contributed by atoms with van der Waals surface area (Å²) in [7, 11) is 0. The van der Waals surface area contributed by atoms with Crippen LogP contribution in [0.4, 0.5) is 5.69 Å². The van der Waals surface area contributed by atoms with Crippen LogP contribution in [0.1, 0.15) is 11.3 Å². The van der Waals surface area contributed by atoms with E-state index in [2.05, 4.69) is 15.3 Å². The lowest BCUT2D eigenvalue weighted by molar-refractivity contribution is 1.02. The fourth-order valence-electron chi connectivity index (χ4n) is 1.37. The molecule has 2 aromatic rings. The largest absolute Gasteiger partial charge is 0.378 e. The van der Waals surface area contributed by atoms with Crippen molar-refractivity contribution in [2.45, 2.75) is 13.5 Å². The summed E-state index contributed by atoms with van der Waals surface area (Å²) in [6, 6.07) is 7.63. The van der Waals surface area contributed by atoms with E-state index in [-0.39, 0.29) is 0 Å². The van der Waals surface area contributed by atoms with Crippen molar-refractivity contribution >= 4 is 17.3 Å². The van der Waals surface area contributed by atoms with Gasteiger partial charge >= 0.3 is 0 Å². The predicted molar refractivity (Wildman–Crippen MR) is 65.5 cm³/mol. The van der Waals surface area contributed by atoms with Crippen molar-refractivity contribution in [3.8, 4) is 0 Å². The predicted octanol–water partition coefficient (Wildman–Crippen LogP) is 3.05. The minimum atomic E-state index is 0.500. The van der Waals surface area contributed by atoms with Crippen LogP contribution in [-0.4, -0.2) is 9.97 Å². The van der Waals surface area contributed by atoms with Gasteiger partial charge in [-0.25, -0.2) is 4.98 Å². The maximum Gasteiger partial charge on any atom is 0.129 e. The maximum atomic E-state index is 5.70. The summed E-state index contributed by atoms with van der Waals surface area (Å²) < 4.78 is 0. The number of aromatic nitrogens is 2. The summed E-state index contributed by atoms with van der Waals surface area (Å²) in [6.07, 6.45) is 3.50. The van der Waals surface area contributed by atoms with E-state index in [0.29, 0.717) is 11.7 Å². The van der Waals surface area contributed by atoms with E-state index in [1.807, 2.05) is 25.1 Å². The monoisotopic (exact) mass is 233 g/mol. The Morgan fingerprint density at radius 1 is 1.25 bits per heavy atom. The van der Waals surface area contributed by atoms with Crippen LogP contribution in [0, 0.1) is 6.92 Å². The Labute approximate surface area is 99.5 Å². The lowest BCUT2D eigenvalue weighted by Gasteiger charge is -2.07. The first-order valence-corrected chi connectivity index (χ1v) is 5.39. The van der Waals surface area contributed by atoms with Gasteiger partial charge in [-0.15, -0.1) is 0 Å². The average Bonchev–Trinajstić information content (AvgIpc) is 2.30. The van der Waals surface area contributed by atoms with Gasteiger partial charge in [0.05, 0.1) is 24.1 Å². The summed E-state index contributed by atoms with van der Waals surface area (Å²) >= 11 is 5.70. The number of pyridine rings is 2. The second-order valence-electron chi connectivity index (χ2n) is 3.49. The molecule has 0 atom stereocenters. The Morgan fingerprint density at radius 3 is 2.81 bits per heavy atom. The molecule has 0 saturated heterocycles. The van der Waals surface area contributed by atoms with Crippen LogP contribution in [0.15, 0.2) is 36.7 Å². The van der Waals surface area contributed by atoms with Gasteiger partial charge in [0.1, 0.15) is 5.15 Å². The van der Waals surface area contributed by atoms with Crippen LogP contribution >= 0.6 is 11.6 Å². The number of anilines is 1. The van der Waals surface area contributed by atoms with Gasteiger partial charge in [-0.2, -0.15) is 0 Å². The third kappa shape index (κ3) is 2.70. The van der Waals surface area contributed by atoms with Gasteiger partial charge in [0.2, 0.25) is 0 Å². The highest BCUT2D eigenvalue weighted by molar-refractivity contribution is 6.29. The van der Waals surface area contributed by atoms with E-state index in [1.165, 1.54) is 5.56 Å². The molecule has 2 rings (SSSR count). The molecule has 0 unspecified atom stereocenters. The first kappa shape index (κ1) is 10.9. The van der Waals surface area contributed by atoms with Crippen molar-refractivity contribution in [1.82, 2.24) is 9.97 Å². The van der Waals surface area contributed by atoms with Crippen molar-refractivity contribution in [3.63, 3.8) is 0 Å². The van der Waals surface area contributed by atoms with Gasteiger partial charge in [-0.05, 0) is 30.7 Å². The lowest BCUT2D eigenvalue weighted by atomic mass is 10.2. The highest BCUT2D eigenvalue weighted by Gasteiger charge is 1.98. The molecule has 2 heterocycles. The first-order valence-electron chi connectivity index (χ1n) is 5.01. The standard InChI is InChI=1S/C12H12ClN3/c1-9-3-2-6-14-11(9)8-15-10-4-5-12(13)16-7-10/h2-7,15H,8H2,1H3. The van der Waals surface area contributed by atoms with E-state index < -0.39 is 0 Å². The summed E-state index contributed by atoms with van der Waals surface area (Å²) in [5, 5.41) is 3.74. The average molecular weight is 234 g/mol. The van der Waals surface area contributed by atoms with Crippen LogP contribution in [0.5, 0.6) is 0 Å². The van der Waals surface area contributed by atoms with E-state index in [9.17, 15) is 0 Å². The zero-order valence-corrected chi connectivity index (χ0v) is 9.70. The van der Waals surface area contributed by atoms with E-state index in [1.54, 1.807) is 18.5 Å². The number of hydrogen-bond acceptors (Lipinski definition) is 3. The van der Waals surface area contributed by atoms with Crippen LogP contribution in [0.2, 0.25) is 5.15 Å². The summed E-state index contributed by atoms with van der Waals surface area (Å²) in [5.41, 5.74) is 3.16. The Kier molecular flexibility index (Phi) is 3.37. The minimum Gasteiger partial charge on any atom is -0.378 e. The maximum absolute atomic E-state index is 5.70. The number of halogens is 1. The molecule has 3 nitrogen and oxygen atoms in total. The Morgan fingerprint density at radius 2 is 2.12 bits per heavy atom. The molecule has 0 fully saturated rings. The number of nitrogens with zero attached hydrogens (tertiary/aromatic N) is 2. The highest BCUT2D eigenvalue weighted by Crippen LogP contribution is 2.11. The molecule has 4 heteroatoms. The summed E-state index contributed by atoms with van der Waals surface area (Å²) in [5.74, 6) is 0. The second kappa shape index (κ2) is 4.94. The molecule has 0 radical (unpaired) electrons. The SMILES string of the molecule is Cc1cccnc1CNc1ccc(Cl)nc1. The normalized spacial score (nSPS) is 10.1. The van der Waals surface area contributed by atoms with Gasteiger partial charge < -0.3 is 5.32 Å². The second-order valence-corrected chi connectivity index (χ2v) is 3.88. The van der Waals surface area contributed by atoms with E-state index in [0.717, 1.165) is 11.4 Å². The quantitative estimate of drug-likeness (QED) is 0.828. The molecule has 0 aliphatic carbocycles. The molecule has 16 heavy (non-hydrogen) atoms. The zero-order valence-electron chi connectivity index (χ0n) is 8.94. The minimum absolute atomic E-state index is 0.500. The molecule has 0 spiro atoms. The van der Waals surface area contributed by atoms with Crippen molar-refractivity contribution < 1.29 is 0 Å². The molecular weight excluding hydrogens is 222 g/mol. The zero-order chi connectivity index (χ0) is 11.4. The fraction of sp³-hybridized carbons (Fsp3) is 0.167. The number of aryl methyl sites for hydroxylation is 1. The first-order chi connectivity index (χ1) is 7.75. The molecule has 0 saturated carbocycles. The van der Waals surface area contributed by atoms with Gasteiger partial charge in [-0.1, -0.05) is 17.7 Å². The fourth-order valence-corrected chi connectivity index (χ4v) is 1.48. The summed E-state index contributed by atoms with van der Waals surface area (Å²) in [4.78, 5) is 8.30. The Hall–Kier alpha value is -1.61. The van der Waals surface area contributed by atoms with Crippen LogP contribution in [0.3, 0.4) is 0 Å². The van der Waals surface area contributed by atoms with Crippen molar-refractivity contribution in [2.24, 2.45) is 0 Å². The molecule has 0 aliphatic rings. The van der Waals surface area contributed by atoms with E-state index in [4.69, 9.17) is 11.6 Å². The molecule has 0 aromatic carbocycles. The van der Waals surface area contributed by atoms with Crippen LogP contribution in [0.25, 0.3) is 0 Å². The molecule has 0 aliphatic heterocycles. The topological polar surface area (TPSA) is 37.8 Å². The Balaban J connectivity index is 2.02. The molecular formula is C12H12ClN3.